The van der Waals surface area contributed by atoms with Crippen molar-refractivity contribution in [2.24, 2.45) is 0 Å². The average molecular weight is 365 g/mol. The first-order chi connectivity index (χ1) is 13.0. The van der Waals surface area contributed by atoms with Crippen molar-refractivity contribution in [3.05, 3.63) is 66.0 Å². The Labute approximate surface area is 159 Å². The van der Waals surface area contributed by atoms with Crippen LogP contribution >= 0.6 is 0 Å². The summed E-state index contributed by atoms with van der Waals surface area (Å²) >= 11 is 0. The second-order valence-corrected chi connectivity index (χ2v) is 6.60. The van der Waals surface area contributed by atoms with E-state index in [1.54, 1.807) is 13.0 Å². The third-order valence-corrected chi connectivity index (χ3v) is 4.17. The van der Waals surface area contributed by atoms with Crippen LogP contribution in [0.2, 0.25) is 0 Å². The van der Waals surface area contributed by atoms with Gasteiger partial charge in [-0.3, -0.25) is 0 Å². The number of aromatic nitrogens is 2. The molecule has 2 N–H and O–H groups in total. The fourth-order valence-corrected chi connectivity index (χ4v) is 2.62. The van der Waals surface area contributed by atoms with Gasteiger partial charge in [0, 0.05) is 36.0 Å². The normalized spacial score (nSPS) is 10.9. The number of rotatable bonds is 7. The molecule has 1 heterocycles. The van der Waals surface area contributed by atoms with E-state index in [1.807, 2.05) is 56.6 Å². The molecule has 0 radical (unpaired) electrons. The van der Waals surface area contributed by atoms with Crippen molar-refractivity contribution < 1.29 is 4.39 Å². The number of nitrogens with one attached hydrogen (secondary N) is 2. The largest absolute Gasteiger partial charge is 0.353 e. The molecule has 0 aliphatic heterocycles. The molecule has 0 spiro atoms. The van der Waals surface area contributed by atoms with Crippen LogP contribution < -0.4 is 10.6 Å². The lowest BCUT2D eigenvalue weighted by Gasteiger charge is -2.14. The zero-order valence-electron chi connectivity index (χ0n) is 15.8. The molecule has 0 atom stereocenters. The summed E-state index contributed by atoms with van der Waals surface area (Å²) in [5, 5.41) is 6.48. The third-order valence-electron chi connectivity index (χ3n) is 4.17. The molecule has 140 valence electrons. The van der Waals surface area contributed by atoms with E-state index in [-0.39, 0.29) is 5.82 Å². The smallest absolute Gasteiger partial charge is 0.225 e. The number of hydrogen-bond acceptors (Lipinski definition) is 5. The summed E-state index contributed by atoms with van der Waals surface area (Å²) < 4.78 is 13.9. The lowest BCUT2D eigenvalue weighted by Crippen LogP contribution is -2.21. The third kappa shape index (κ3) is 5.01. The van der Waals surface area contributed by atoms with Crippen LogP contribution in [0.3, 0.4) is 0 Å². The molecular formula is C21H24FN5. The highest BCUT2D eigenvalue weighted by Crippen LogP contribution is 2.25. The highest BCUT2D eigenvalue weighted by molar-refractivity contribution is 5.68. The number of benzene rings is 2. The van der Waals surface area contributed by atoms with Crippen molar-refractivity contribution in [1.29, 1.82) is 0 Å². The Bertz CT molecular complexity index is 896. The second kappa shape index (κ2) is 8.60. The highest BCUT2D eigenvalue weighted by atomic mass is 19.1. The van der Waals surface area contributed by atoms with E-state index in [9.17, 15) is 4.39 Å². The van der Waals surface area contributed by atoms with Crippen LogP contribution in [0.15, 0.2) is 54.6 Å². The monoisotopic (exact) mass is 365 g/mol. The number of nitrogens with zero attached hydrogens (tertiary/aromatic N) is 3. The Morgan fingerprint density at radius 2 is 1.78 bits per heavy atom. The van der Waals surface area contributed by atoms with Gasteiger partial charge in [-0.05, 0) is 33.2 Å². The van der Waals surface area contributed by atoms with Crippen LogP contribution in [0.4, 0.5) is 21.8 Å². The van der Waals surface area contributed by atoms with Crippen LogP contribution in [0.25, 0.3) is 11.3 Å². The predicted molar refractivity (Wildman–Crippen MR) is 109 cm³/mol. The minimum atomic E-state index is -0.248. The van der Waals surface area contributed by atoms with Crippen LogP contribution in [-0.2, 0) is 0 Å². The number of anilines is 3. The van der Waals surface area contributed by atoms with E-state index in [0.29, 0.717) is 23.0 Å². The van der Waals surface area contributed by atoms with E-state index in [2.05, 4.69) is 25.5 Å². The number of likely N-dealkylation sites (N-methyl/N-ethyl adjacent to an activating group) is 1. The Morgan fingerprint density at radius 1 is 1.00 bits per heavy atom. The first-order valence-electron chi connectivity index (χ1n) is 8.88. The maximum absolute atomic E-state index is 13.9. The Morgan fingerprint density at radius 3 is 2.52 bits per heavy atom. The lowest BCUT2D eigenvalue weighted by molar-refractivity contribution is 0.425. The molecule has 2 aromatic carbocycles. The number of halogens is 1. The van der Waals surface area contributed by atoms with Gasteiger partial charge in [-0.2, -0.15) is 4.98 Å². The molecule has 0 amide bonds. The highest BCUT2D eigenvalue weighted by Gasteiger charge is 2.09. The Hall–Kier alpha value is -2.99. The van der Waals surface area contributed by atoms with Gasteiger partial charge in [0.2, 0.25) is 5.95 Å². The SMILES string of the molecule is Cc1c(F)cccc1Nc1cc(-c2ccccc2)nc(NCCN(C)C)n1. The van der Waals surface area contributed by atoms with E-state index in [0.717, 1.165) is 24.3 Å². The summed E-state index contributed by atoms with van der Waals surface area (Å²) in [5.41, 5.74) is 3.04. The Kier molecular flexibility index (Phi) is 5.98. The van der Waals surface area contributed by atoms with E-state index >= 15 is 0 Å². The molecule has 0 unspecified atom stereocenters. The first-order valence-corrected chi connectivity index (χ1v) is 8.88. The summed E-state index contributed by atoms with van der Waals surface area (Å²) in [6, 6.07) is 16.8. The van der Waals surface area contributed by atoms with Crippen molar-refractivity contribution >= 4 is 17.5 Å². The minimum Gasteiger partial charge on any atom is -0.353 e. The molecule has 3 rings (SSSR count). The van der Waals surface area contributed by atoms with E-state index < -0.39 is 0 Å². The van der Waals surface area contributed by atoms with Crippen molar-refractivity contribution in [3.63, 3.8) is 0 Å². The summed E-state index contributed by atoms with van der Waals surface area (Å²) in [4.78, 5) is 11.3. The van der Waals surface area contributed by atoms with Gasteiger partial charge in [-0.25, -0.2) is 9.37 Å². The molecule has 27 heavy (non-hydrogen) atoms. The maximum Gasteiger partial charge on any atom is 0.225 e. The van der Waals surface area contributed by atoms with Gasteiger partial charge >= 0.3 is 0 Å². The van der Waals surface area contributed by atoms with Gasteiger partial charge < -0.3 is 15.5 Å². The van der Waals surface area contributed by atoms with Gasteiger partial charge in [-0.1, -0.05) is 36.4 Å². The summed E-state index contributed by atoms with van der Waals surface area (Å²) in [6.07, 6.45) is 0. The van der Waals surface area contributed by atoms with Crippen molar-refractivity contribution in [2.75, 3.05) is 37.8 Å². The van der Waals surface area contributed by atoms with E-state index in [4.69, 9.17) is 0 Å². The maximum atomic E-state index is 13.9. The molecule has 6 heteroatoms. The van der Waals surface area contributed by atoms with Gasteiger partial charge in [0.05, 0.1) is 5.69 Å². The first kappa shape index (κ1) is 18.8. The van der Waals surface area contributed by atoms with Crippen molar-refractivity contribution in [1.82, 2.24) is 14.9 Å². The topological polar surface area (TPSA) is 53.1 Å². The van der Waals surface area contributed by atoms with Crippen LogP contribution in [-0.4, -0.2) is 42.1 Å². The quantitative estimate of drug-likeness (QED) is 0.653. The fraction of sp³-hybridized carbons (Fsp3) is 0.238. The molecule has 0 saturated heterocycles. The predicted octanol–water partition coefficient (Wildman–Crippen LogP) is 4.31. The summed E-state index contributed by atoms with van der Waals surface area (Å²) in [7, 11) is 4.03. The molecule has 3 aromatic rings. The molecular weight excluding hydrogens is 341 g/mol. The zero-order chi connectivity index (χ0) is 19.2. The van der Waals surface area contributed by atoms with Crippen LogP contribution in [0, 0.1) is 12.7 Å². The molecule has 0 aliphatic rings. The average Bonchev–Trinajstić information content (AvgIpc) is 2.66. The second-order valence-electron chi connectivity index (χ2n) is 6.60. The summed E-state index contributed by atoms with van der Waals surface area (Å²) in [6.45, 7) is 3.33. The zero-order valence-corrected chi connectivity index (χ0v) is 15.8. The van der Waals surface area contributed by atoms with Crippen LogP contribution in [0.1, 0.15) is 5.56 Å². The Balaban J connectivity index is 1.92. The molecule has 0 fully saturated rings. The fourth-order valence-electron chi connectivity index (χ4n) is 2.62. The van der Waals surface area contributed by atoms with Gasteiger partial charge in [0.15, 0.2) is 0 Å². The van der Waals surface area contributed by atoms with Crippen molar-refractivity contribution in [3.8, 4) is 11.3 Å². The minimum absolute atomic E-state index is 0.248. The molecule has 0 saturated carbocycles. The van der Waals surface area contributed by atoms with Gasteiger partial charge in [0.25, 0.3) is 0 Å². The van der Waals surface area contributed by atoms with Crippen LogP contribution in [0.5, 0.6) is 0 Å². The molecule has 5 nitrogen and oxygen atoms in total. The molecule has 1 aromatic heterocycles. The molecule has 0 aliphatic carbocycles. The summed E-state index contributed by atoms with van der Waals surface area (Å²) in [5.74, 6) is 0.904. The standard InChI is InChI=1S/C21H24FN5/c1-15-17(22)10-7-11-18(15)24-20-14-19(16-8-5-4-6-9-16)25-21(26-20)23-12-13-27(2)3/h4-11,14H,12-13H2,1-3H3,(H2,23,24,25,26). The van der Waals surface area contributed by atoms with Gasteiger partial charge in [0.1, 0.15) is 11.6 Å². The number of hydrogen-bond donors (Lipinski definition) is 2. The van der Waals surface area contributed by atoms with Crippen molar-refractivity contribution in [2.45, 2.75) is 6.92 Å². The molecule has 0 bridgehead atoms. The van der Waals surface area contributed by atoms with E-state index in [1.165, 1.54) is 6.07 Å². The lowest BCUT2D eigenvalue weighted by atomic mass is 10.1. The van der Waals surface area contributed by atoms with Gasteiger partial charge in [-0.15, -0.1) is 0 Å².